The third-order valence-electron chi connectivity index (χ3n) is 4.83. The van der Waals surface area contributed by atoms with Crippen molar-refractivity contribution in [2.45, 2.75) is 44.7 Å². The summed E-state index contributed by atoms with van der Waals surface area (Å²) in [6.45, 7) is 2.85. The molecule has 3 heterocycles. The quantitative estimate of drug-likeness (QED) is 0.899. The number of thiophene rings is 1. The molecule has 2 aliphatic heterocycles. The van der Waals surface area contributed by atoms with Crippen LogP contribution in [0.3, 0.4) is 0 Å². The number of carbonyl (C=O) groups excluding carboxylic acids is 1. The van der Waals surface area contributed by atoms with Gasteiger partial charge in [0.15, 0.2) is 0 Å². The van der Waals surface area contributed by atoms with Crippen LogP contribution < -0.4 is 5.32 Å². The van der Waals surface area contributed by atoms with E-state index in [0.29, 0.717) is 5.92 Å². The molecule has 110 valence electrons. The first-order valence-corrected chi connectivity index (χ1v) is 8.91. The molecule has 2 atom stereocenters. The lowest BCUT2D eigenvalue weighted by atomic mass is 9.91. The Morgan fingerprint density at radius 3 is 2.65 bits per heavy atom. The fraction of sp³-hybridized carbons (Fsp3) is 0.667. The highest BCUT2D eigenvalue weighted by Crippen LogP contribution is 2.37. The maximum atomic E-state index is 12.2. The monoisotopic (exact) mass is 356 g/mol. The Bertz CT molecular complexity index is 482. The molecule has 0 aromatic carbocycles. The van der Waals surface area contributed by atoms with E-state index in [9.17, 15) is 4.79 Å². The Labute approximate surface area is 132 Å². The minimum atomic E-state index is 0.0788. The number of rotatable bonds is 3. The summed E-state index contributed by atoms with van der Waals surface area (Å²) < 4.78 is 1.06. The molecule has 0 spiro atoms. The molecule has 0 radical (unpaired) electrons. The van der Waals surface area contributed by atoms with E-state index in [1.807, 2.05) is 13.0 Å². The van der Waals surface area contributed by atoms with Crippen LogP contribution in [-0.4, -0.2) is 36.5 Å². The fourth-order valence-corrected chi connectivity index (χ4v) is 5.04. The third kappa shape index (κ3) is 2.81. The van der Waals surface area contributed by atoms with Gasteiger partial charge in [0.05, 0.1) is 8.66 Å². The number of carbonyl (C=O) groups is 1. The molecule has 1 aromatic heterocycles. The first-order chi connectivity index (χ1) is 9.54. The maximum absolute atomic E-state index is 12.2. The predicted octanol–water partition coefficient (Wildman–Crippen LogP) is 3.42. The van der Waals surface area contributed by atoms with Gasteiger partial charge in [-0.15, -0.1) is 11.3 Å². The molecule has 0 saturated carbocycles. The minimum Gasteiger partial charge on any atom is -0.351 e. The van der Waals surface area contributed by atoms with Crippen molar-refractivity contribution >= 4 is 33.2 Å². The summed E-state index contributed by atoms with van der Waals surface area (Å²) in [5.74, 6) is 0.729. The van der Waals surface area contributed by atoms with E-state index in [4.69, 9.17) is 0 Å². The molecule has 2 saturated heterocycles. The SMILES string of the molecule is Cc1cc(C(=O)NCC2CC3CCC(C2)N3C)sc1Br. The summed E-state index contributed by atoms with van der Waals surface area (Å²) in [5.41, 5.74) is 1.14. The molecule has 5 heteroatoms. The van der Waals surface area contributed by atoms with Crippen LogP contribution in [0.2, 0.25) is 0 Å². The van der Waals surface area contributed by atoms with Crippen LogP contribution in [0, 0.1) is 12.8 Å². The normalized spacial score (nSPS) is 29.6. The second kappa shape index (κ2) is 5.78. The number of nitrogens with zero attached hydrogens (tertiary/aromatic N) is 1. The maximum Gasteiger partial charge on any atom is 0.261 e. The number of piperidine rings is 1. The van der Waals surface area contributed by atoms with Gasteiger partial charge < -0.3 is 10.2 Å². The zero-order valence-electron chi connectivity index (χ0n) is 12.0. The van der Waals surface area contributed by atoms with Gasteiger partial charge in [-0.05, 0) is 73.1 Å². The first kappa shape index (κ1) is 14.5. The summed E-state index contributed by atoms with van der Waals surface area (Å²) >= 11 is 4.99. The molecule has 0 aliphatic carbocycles. The number of halogens is 1. The second-order valence-corrected chi connectivity index (χ2v) is 8.54. The number of nitrogens with one attached hydrogen (secondary N) is 1. The summed E-state index contributed by atoms with van der Waals surface area (Å²) in [6, 6.07) is 3.45. The Kier molecular flexibility index (Phi) is 4.20. The van der Waals surface area contributed by atoms with Crippen molar-refractivity contribution < 1.29 is 4.79 Å². The summed E-state index contributed by atoms with van der Waals surface area (Å²) in [5, 5.41) is 3.13. The van der Waals surface area contributed by atoms with E-state index < -0.39 is 0 Å². The van der Waals surface area contributed by atoms with Gasteiger partial charge in [-0.25, -0.2) is 0 Å². The zero-order valence-corrected chi connectivity index (χ0v) is 14.4. The third-order valence-corrected chi connectivity index (χ3v) is 6.96. The Morgan fingerprint density at radius 2 is 2.10 bits per heavy atom. The number of fused-ring (bicyclic) bond motifs is 2. The molecule has 2 aliphatic rings. The van der Waals surface area contributed by atoms with Crippen molar-refractivity contribution in [1.29, 1.82) is 0 Å². The van der Waals surface area contributed by atoms with Gasteiger partial charge >= 0.3 is 0 Å². The minimum absolute atomic E-state index is 0.0788. The highest BCUT2D eigenvalue weighted by molar-refractivity contribution is 9.11. The van der Waals surface area contributed by atoms with Crippen LogP contribution in [0.15, 0.2) is 9.85 Å². The van der Waals surface area contributed by atoms with Crippen LogP contribution in [-0.2, 0) is 0 Å². The van der Waals surface area contributed by atoms with Crippen molar-refractivity contribution in [3.05, 3.63) is 20.3 Å². The summed E-state index contributed by atoms with van der Waals surface area (Å²) in [7, 11) is 2.25. The average Bonchev–Trinajstić information content (AvgIpc) is 2.85. The lowest BCUT2D eigenvalue weighted by Crippen LogP contribution is -2.43. The zero-order chi connectivity index (χ0) is 14.3. The highest BCUT2D eigenvalue weighted by Gasteiger charge is 2.38. The van der Waals surface area contributed by atoms with Crippen molar-refractivity contribution in [2.24, 2.45) is 5.92 Å². The van der Waals surface area contributed by atoms with Crippen molar-refractivity contribution in [1.82, 2.24) is 10.2 Å². The standard InChI is InChI=1S/C15H21BrN2OS/c1-9-5-13(20-14(9)16)15(19)17-8-10-6-11-3-4-12(7-10)18(11)2/h5,10-12H,3-4,6-8H2,1-2H3,(H,17,19). The van der Waals surface area contributed by atoms with Gasteiger partial charge in [0.1, 0.15) is 0 Å². The molecule has 2 fully saturated rings. The van der Waals surface area contributed by atoms with Crippen molar-refractivity contribution in [2.75, 3.05) is 13.6 Å². The number of aryl methyl sites for hydroxylation is 1. The number of hydrogen-bond acceptors (Lipinski definition) is 3. The van der Waals surface area contributed by atoms with E-state index in [0.717, 1.165) is 32.9 Å². The number of amides is 1. The molecule has 1 N–H and O–H groups in total. The smallest absolute Gasteiger partial charge is 0.261 e. The van der Waals surface area contributed by atoms with Gasteiger partial charge in [-0.2, -0.15) is 0 Å². The van der Waals surface area contributed by atoms with Gasteiger partial charge in [0, 0.05) is 18.6 Å². The lowest BCUT2D eigenvalue weighted by Gasteiger charge is -2.36. The molecule has 2 unspecified atom stereocenters. The molecular weight excluding hydrogens is 336 g/mol. The van der Waals surface area contributed by atoms with Crippen LogP contribution in [0.5, 0.6) is 0 Å². The van der Waals surface area contributed by atoms with Crippen LogP contribution in [0.1, 0.15) is 40.9 Å². The number of hydrogen-bond donors (Lipinski definition) is 1. The lowest BCUT2D eigenvalue weighted by molar-refractivity contribution is 0.0921. The Morgan fingerprint density at radius 1 is 1.45 bits per heavy atom. The Hall–Kier alpha value is -0.390. The van der Waals surface area contributed by atoms with E-state index in [1.54, 1.807) is 0 Å². The molecule has 20 heavy (non-hydrogen) atoms. The van der Waals surface area contributed by atoms with E-state index >= 15 is 0 Å². The molecule has 1 amide bonds. The second-order valence-electron chi connectivity index (χ2n) is 6.17. The molecular formula is C15H21BrN2OS. The molecule has 2 bridgehead atoms. The van der Waals surface area contributed by atoms with Crippen LogP contribution in [0.25, 0.3) is 0 Å². The van der Waals surface area contributed by atoms with Crippen molar-refractivity contribution in [3.63, 3.8) is 0 Å². The topological polar surface area (TPSA) is 32.3 Å². The van der Waals surface area contributed by atoms with Crippen LogP contribution in [0.4, 0.5) is 0 Å². The van der Waals surface area contributed by atoms with Gasteiger partial charge in [-0.3, -0.25) is 4.79 Å². The van der Waals surface area contributed by atoms with Gasteiger partial charge in [0.2, 0.25) is 0 Å². The van der Waals surface area contributed by atoms with E-state index in [1.165, 1.54) is 37.0 Å². The van der Waals surface area contributed by atoms with E-state index in [-0.39, 0.29) is 5.91 Å². The predicted molar refractivity (Wildman–Crippen MR) is 86.4 cm³/mol. The largest absolute Gasteiger partial charge is 0.351 e. The van der Waals surface area contributed by atoms with Gasteiger partial charge in [-0.1, -0.05) is 0 Å². The summed E-state index contributed by atoms with van der Waals surface area (Å²) in [4.78, 5) is 15.5. The molecule has 1 aromatic rings. The van der Waals surface area contributed by atoms with Gasteiger partial charge in [0.25, 0.3) is 5.91 Å². The van der Waals surface area contributed by atoms with Crippen molar-refractivity contribution in [3.8, 4) is 0 Å². The molecule has 3 rings (SSSR count). The fourth-order valence-electron chi connectivity index (χ4n) is 3.59. The summed E-state index contributed by atoms with van der Waals surface area (Å²) in [6.07, 6.45) is 5.15. The van der Waals surface area contributed by atoms with E-state index in [2.05, 4.69) is 33.2 Å². The van der Waals surface area contributed by atoms with Crippen LogP contribution >= 0.6 is 27.3 Å². The average molecular weight is 357 g/mol. The first-order valence-electron chi connectivity index (χ1n) is 7.30. The Balaban J connectivity index is 1.54. The highest BCUT2D eigenvalue weighted by atomic mass is 79.9. The molecule has 3 nitrogen and oxygen atoms in total.